The molecule has 0 bridgehead atoms. The fourth-order valence-electron chi connectivity index (χ4n) is 6.73. The Kier molecular flexibility index (Phi) is 18.3. The number of unbranched alkanes of at least 4 members (excludes halogenated alkanes) is 15. The van der Waals surface area contributed by atoms with Crippen molar-refractivity contribution in [3.8, 4) is 0 Å². The van der Waals surface area contributed by atoms with Crippen LogP contribution in [0.1, 0.15) is 141 Å². The number of nitrogens with one attached hydrogen (secondary N) is 2. The fourth-order valence-corrected chi connectivity index (χ4v) is 9.30. The van der Waals surface area contributed by atoms with E-state index >= 15 is 0 Å². The van der Waals surface area contributed by atoms with E-state index in [4.69, 9.17) is 34.8 Å². The van der Waals surface area contributed by atoms with Crippen molar-refractivity contribution < 1.29 is 37.8 Å². The van der Waals surface area contributed by atoms with Gasteiger partial charge in [-0.25, -0.2) is 18.0 Å². The van der Waals surface area contributed by atoms with E-state index < -0.39 is 55.8 Å². The number of benzene rings is 3. The Labute approximate surface area is 355 Å². The van der Waals surface area contributed by atoms with E-state index in [2.05, 4.69) is 22.7 Å². The number of carboxylic acid groups (broad SMARTS) is 2. The highest BCUT2D eigenvalue weighted by Crippen LogP contribution is 2.40. The summed E-state index contributed by atoms with van der Waals surface area (Å²) in [6, 6.07) is 10.8. The quantitative estimate of drug-likeness (QED) is 0.0636. The van der Waals surface area contributed by atoms with Crippen molar-refractivity contribution in [2.45, 2.75) is 120 Å². The Balaban J connectivity index is 1.38. The fraction of sp³-hybridized carbons (Fsp3) is 0.452. The first-order valence-electron chi connectivity index (χ1n) is 19.8. The van der Waals surface area contributed by atoms with Crippen LogP contribution in [0, 0.1) is 0 Å². The molecule has 0 saturated heterocycles. The molecule has 4 rings (SSSR count). The standard InChI is InChI=1S/C42H51Cl3N4O8S/c1-2-3-4-5-6-7-8-9-10-11-12-13-14-15-16-17-21-46-39(50)28-19-18-20-33(25-28)58(56,57)37-38(47-32-23-29(41(52)53)22-30(24-32)42(54)55)48-49(40(37)51)36-34(44)26-31(43)27-35(36)45/h18-20,22-27,37H,2-17,21H2,1H3,(H,46,50)(H,47,48)(H,52,53)(H,54,55). The highest BCUT2D eigenvalue weighted by atomic mass is 35.5. The summed E-state index contributed by atoms with van der Waals surface area (Å²) in [4.78, 5) is 50.4. The van der Waals surface area contributed by atoms with Gasteiger partial charge in [0, 0.05) is 22.8 Å². The average molecular weight is 878 g/mol. The van der Waals surface area contributed by atoms with Crippen LogP contribution in [0.3, 0.4) is 0 Å². The van der Waals surface area contributed by atoms with Crippen LogP contribution in [0.5, 0.6) is 0 Å². The zero-order valence-electron chi connectivity index (χ0n) is 32.6. The zero-order chi connectivity index (χ0) is 42.2. The minimum absolute atomic E-state index is 0.0513. The maximum atomic E-state index is 14.3. The molecule has 1 heterocycles. The Morgan fingerprint density at radius 2 is 1.21 bits per heavy atom. The molecule has 4 N–H and O–H groups in total. The molecule has 1 atom stereocenters. The number of sulfone groups is 1. The summed E-state index contributed by atoms with van der Waals surface area (Å²) in [6.07, 6.45) is 19.7. The van der Waals surface area contributed by atoms with E-state index in [0.717, 1.165) is 49.9 Å². The van der Waals surface area contributed by atoms with Gasteiger partial charge < -0.3 is 20.8 Å². The first kappa shape index (κ1) is 46.5. The van der Waals surface area contributed by atoms with Crippen LogP contribution in [0.15, 0.2) is 64.6 Å². The molecule has 12 nitrogen and oxygen atoms in total. The molecule has 3 aromatic carbocycles. The van der Waals surface area contributed by atoms with Gasteiger partial charge in [-0.3, -0.25) is 9.59 Å². The number of hydrogen-bond donors (Lipinski definition) is 4. The SMILES string of the molecule is CCCCCCCCCCCCCCCCCCNC(=O)c1cccc(S(=O)(=O)C2C(=O)N(c3c(Cl)cc(Cl)cc3Cl)N=C2Nc2cc(C(=O)O)cc(C(=O)O)c2)c1. The monoisotopic (exact) mass is 876 g/mol. The minimum Gasteiger partial charge on any atom is -0.478 e. The molecule has 2 amide bonds. The number of hydrogen-bond acceptors (Lipinski definition) is 8. The minimum atomic E-state index is -4.70. The molecule has 3 aromatic rings. The van der Waals surface area contributed by atoms with Crippen LogP contribution in [-0.4, -0.2) is 60.0 Å². The summed E-state index contributed by atoms with van der Waals surface area (Å²) < 4.78 is 28.6. The first-order valence-corrected chi connectivity index (χ1v) is 22.5. The van der Waals surface area contributed by atoms with Crippen LogP contribution in [0.2, 0.25) is 15.1 Å². The molecule has 0 aliphatic carbocycles. The number of rotatable bonds is 24. The lowest BCUT2D eigenvalue weighted by atomic mass is 10.0. The van der Waals surface area contributed by atoms with Crippen LogP contribution in [-0.2, 0) is 14.6 Å². The van der Waals surface area contributed by atoms with Crippen LogP contribution in [0.25, 0.3) is 0 Å². The van der Waals surface area contributed by atoms with Gasteiger partial charge in [0.2, 0.25) is 5.25 Å². The molecular weight excluding hydrogens is 827 g/mol. The summed E-state index contributed by atoms with van der Waals surface area (Å²) in [5, 5.41) is 27.3. The first-order chi connectivity index (χ1) is 27.7. The number of aromatic carboxylic acids is 2. The van der Waals surface area contributed by atoms with Crippen molar-refractivity contribution in [1.82, 2.24) is 5.32 Å². The van der Waals surface area contributed by atoms with Gasteiger partial charge >= 0.3 is 11.9 Å². The van der Waals surface area contributed by atoms with Gasteiger partial charge in [0.05, 0.1) is 26.1 Å². The van der Waals surface area contributed by atoms with Crippen molar-refractivity contribution in [1.29, 1.82) is 0 Å². The van der Waals surface area contributed by atoms with Crippen molar-refractivity contribution in [3.05, 3.63) is 86.4 Å². The van der Waals surface area contributed by atoms with Gasteiger partial charge in [-0.05, 0) is 55.0 Å². The van der Waals surface area contributed by atoms with E-state index in [0.29, 0.717) is 11.6 Å². The average Bonchev–Trinajstić information content (AvgIpc) is 3.50. The number of hydrazone groups is 1. The molecule has 1 aliphatic rings. The van der Waals surface area contributed by atoms with Gasteiger partial charge in [-0.2, -0.15) is 5.01 Å². The third-order valence-electron chi connectivity index (χ3n) is 9.83. The van der Waals surface area contributed by atoms with Gasteiger partial charge in [0.25, 0.3) is 11.8 Å². The van der Waals surface area contributed by atoms with Crippen molar-refractivity contribution >= 4 is 85.6 Å². The van der Waals surface area contributed by atoms with Crippen LogP contribution >= 0.6 is 34.8 Å². The molecular formula is C42H51Cl3N4O8S. The molecule has 0 fully saturated rings. The molecule has 314 valence electrons. The Morgan fingerprint density at radius 3 is 1.71 bits per heavy atom. The zero-order valence-corrected chi connectivity index (χ0v) is 35.7. The van der Waals surface area contributed by atoms with Gasteiger partial charge in [-0.1, -0.05) is 144 Å². The summed E-state index contributed by atoms with van der Waals surface area (Å²) in [5.74, 6) is -5.02. The molecule has 0 aromatic heterocycles. The summed E-state index contributed by atoms with van der Waals surface area (Å²) >= 11 is 18.8. The smallest absolute Gasteiger partial charge is 0.335 e. The van der Waals surface area contributed by atoms with E-state index in [9.17, 15) is 37.8 Å². The number of amidine groups is 1. The molecule has 0 spiro atoms. The van der Waals surface area contributed by atoms with E-state index in [-0.39, 0.29) is 36.9 Å². The number of amides is 2. The third kappa shape index (κ3) is 13.2. The maximum absolute atomic E-state index is 14.3. The van der Waals surface area contributed by atoms with Crippen LogP contribution < -0.4 is 15.6 Å². The molecule has 1 aliphatic heterocycles. The largest absolute Gasteiger partial charge is 0.478 e. The lowest BCUT2D eigenvalue weighted by molar-refractivity contribution is -0.116. The van der Waals surface area contributed by atoms with Gasteiger partial charge in [0.15, 0.2) is 15.7 Å². The molecule has 58 heavy (non-hydrogen) atoms. The van der Waals surface area contributed by atoms with E-state index in [1.807, 2.05) is 0 Å². The van der Waals surface area contributed by atoms with E-state index in [1.54, 1.807) is 0 Å². The molecule has 1 unspecified atom stereocenters. The molecule has 0 radical (unpaired) electrons. The second kappa shape index (κ2) is 22.8. The number of carbonyl (C=O) groups is 4. The van der Waals surface area contributed by atoms with Crippen molar-refractivity contribution in [2.24, 2.45) is 5.10 Å². The predicted molar refractivity (Wildman–Crippen MR) is 230 cm³/mol. The maximum Gasteiger partial charge on any atom is 0.335 e. The van der Waals surface area contributed by atoms with E-state index in [1.165, 1.54) is 107 Å². The number of nitrogens with zero attached hydrogens (tertiary/aromatic N) is 2. The summed E-state index contributed by atoms with van der Waals surface area (Å²) in [6.45, 7) is 2.65. The lowest BCUT2D eigenvalue weighted by Gasteiger charge is -2.18. The Morgan fingerprint density at radius 1 is 0.707 bits per heavy atom. The topological polar surface area (TPSA) is 183 Å². The normalized spacial score (nSPS) is 14.1. The number of halogens is 3. The molecule has 16 heteroatoms. The third-order valence-corrected chi connectivity index (χ3v) is 12.6. The summed E-state index contributed by atoms with van der Waals surface area (Å²) in [7, 11) is -4.70. The number of anilines is 2. The highest BCUT2D eigenvalue weighted by molar-refractivity contribution is 7.93. The van der Waals surface area contributed by atoms with Crippen LogP contribution in [0.4, 0.5) is 11.4 Å². The summed E-state index contributed by atoms with van der Waals surface area (Å²) in [5.41, 5.74) is -1.16. The second-order valence-corrected chi connectivity index (χ2v) is 17.7. The number of carbonyl (C=O) groups excluding carboxylic acids is 2. The Bertz CT molecular complexity index is 2020. The highest BCUT2D eigenvalue weighted by Gasteiger charge is 2.48. The van der Waals surface area contributed by atoms with Gasteiger partial charge in [-0.15, -0.1) is 5.10 Å². The lowest BCUT2D eigenvalue weighted by Crippen LogP contribution is -2.41. The second-order valence-electron chi connectivity index (χ2n) is 14.4. The van der Waals surface area contributed by atoms with Crippen molar-refractivity contribution in [2.75, 3.05) is 16.9 Å². The van der Waals surface area contributed by atoms with Gasteiger partial charge in [0.1, 0.15) is 5.69 Å². The predicted octanol–water partition coefficient (Wildman–Crippen LogP) is 10.6. The number of carboxylic acids is 2. The molecule has 0 saturated carbocycles. The Hall–Kier alpha value is -4.17. The van der Waals surface area contributed by atoms with Crippen molar-refractivity contribution in [3.63, 3.8) is 0 Å².